The summed E-state index contributed by atoms with van der Waals surface area (Å²) in [4.78, 5) is 16.6. The second-order valence-corrected chi connectivity index (χ2v) is 5.48. The summed E-state index contributed by atoms with van der Waals surface area (Å²) >= 11 is 0. The van der Waals surface area contributed by atoms with Crippen LogP contribution in [0.2, 0.25) is 0 Å². The predicted octanol–water partition coefficient (Wildman–Crippen LogP) is 1.15. The first-order valence-corrected chi connectivity index (χ1v) is 8.18. The molecule has 0 radical (unpaired) electrons. The van der Waals surface area contributed by atoms with E-state index in [0.717, 1.165) is 17.8 Å². The average Bonchev–Trinajstić information content (AvgIpc) is 2.72. The van der Waals surface area contributed by atoms with Crippen LogP contribution in [-0.2, 0) is 16.2 Å². The van der Waals surface area contributed by atoms with Crippen LogP contribution in [0.15, 0.2) is 72.3 Å². The van der Waals surface area contributed by atoms with Crippen LogP contribution in [0.5, 0.6) is 5.75 Å². The zero-order valence-corrected chi connectivity index (χ0v) is 19.2. The van der Waals surface area contributed by atoms with Crippen LogP contribution in [0, 0.1) is 5.82 Å². The van der Waals surface area contributed by atoms with Crippen molar-refractivity contribution < 1.29 is 79.3 Å². The Bertz CT molecular complexity index is 841. The maximum Gasteiger partial charge on any atom is 1.00 e. The number of hydrogen-bond acceptors (Lipinski definition) is 5. The molecule has 0 spiro atoms. The van der Waals surface area contributed by atoms with Gasteiger partial charge in [-0.1, -0.05) is 12.1 Å². The molecule has 0 bridgehead atoms. The molecule has 0 saturated carbocycles. The van der Waals surface area contributed by atoms with E-state index in [1.165, 1.54) is 31.4 Å². The molecule has 2 N–H and O–H groups in total. The molecule has 0 saturated heterocycles. The number of allylic oxidation sites excluding steroid dienone is 2. The van der Waals surface area contributed by atoms with Gasteiger partial charge in [-0.3, -0.25) is 0 Å². The smallest absolute Gasteiger partial charge is 0.562 e. The molecule has 0 heterocycles. The van der Waals surface area contributed by atoms with Crippen molar-refractivity contribution in [2.24, 2.45) is 5.73 Å². The summed E-state index contributed by atoms with van der Waals surface area (Å²) < 4.78 is 36.4. The van der Waals surface area contributed by atoms with Crippen LogP contribution in [0.3, 0.4) is 0 Å². The number of carbonyl (C=O) groups excluding carboxylic acids is 1. The molecule has 0 unspecified atom stereocenters. The van der Waals surface area contributed by atoms with Crippen molar-refractivity contribution in [3.05, 3.63) is 94.8 Å². The summed E-state index contributed by atoms with van der Waals surface area (Å²) in [7, 11) is 1.30. The number of hydrogen-bond donors (Lipinski definition) is 1. The Hall–Kier alpha value is -1.75. The summed E-state index contributed by atoms with van der Waals surface area (Å²) in [6, 6.07) is 11.9. The SMILES string of the molecule is COC(=O)c1ccc(CO[N-]/C(=C/C(F)=C\N)COc2ccc(F)cc2)cc1.[K+]. The number of benzene rings is 2. The van der Waals surface area contributed by atoms with Gasteiger partial charge >= 0.3 is 57.4 Å². The monoisotopic (exact) mass is 428 g/mol. The molecule has 0 aliphatic heterocycles. The molecule has 0 aromatic heterocycles. The van der Waals surface area contributed by atoms with Gasteiger partial charge in [-0.05, 0) is 48.0 Å². The zero-order valence-electron chi connectivity index (χ0n) is 16.1. The van der Waals surface area contributed by atoms with Crippen molar-refractivity contribution in [1.29, 1.82) is 0 Å². The average molecular weight is 428 g/mol. The third-order valence-corrected chi connectivity index (χ3v) is 3.45. The Morgan fingerprint density at radius 3 is 2.38 bits per heavy atom. The van der Waals surface area contributed by atoms with Crippen LogP contribution in [0.1, 0.15) is 15.9 Å². The van der Waals surface area contributed by atoms with Gasteiger partial charge in [0.1, 0.15) is 17.4 Å². The summed E-state index contributed by atoms with van der Waals surface area (Å²) in [5.41, 5.74) is 10.3. The van der Waals surface area contributed by atoms with Gasteiger partial charge < -0.3 is 25.5 Å². The number of rotatable bonds is 9. The second kappa shape index (κ2) is 13.5. The quantitative estimate of drug-likeness (QED) is 0.280. The minimum Gasteiger partial charge on any atom is -0.562 e. The number of nitrogens with zero attached hydrogens (tertiary/aromatic N) is 1. The van der Waals surface area contributed by atoms with E-state index < -0.39 is 17.6 Å². The summed E-state index contributed by atoms with van der Waals surface area (Å²) in [5.74, 6) is -1.17. The van der Waals surface area contributed by atoms with Gasteiger partial charge in [-0.2, -0.15) is 0 Å². The molecule has 2 rings (SSSR count). The van der Waals surface area contributed by atoms with Crippen molar-refractivity contribution in [3.63, 3.8) is 0 Å². The first kappa shape index (κ1) is 25.3. The molecule has 0 amide bonds. The maximum absolute atomic E-state index is 13.5. The van der Waals surface area contributed by atoms with Crippen LogP contribution < -0.4 is 61.9 Å². The molecule has 148 valence electrons. The predicted molar refractivity (Wildman–Crippen MR) is 99.3 cm³/mol. The van der Waals surface area contributed by atoms with E-state index in [-0.39, 0.29) is 70.3 Å². The van der Waals surface area contributed by atoms with Gasteiger partial charge in [0, 0.05) is 6.20 Å². The third kappa shape index (κ3) is 9.07. The van der Waals surface area contributed by atoms with Gasteiger partial charge in [-0.25, -0.2) is 13.6 Å². The molecule has 2 aromatic carbocycles. The molecule has 29 heavy (non-hydrogen) atoms. The minimum absolute atomic E-state index is 0. The van der Waals surface area contributed by atoms with Crippen LogP contribution in [0.4, 0.5) is 8.78 Å². The largest absolute Gasteiger partial charge is 1.00 e. The Kier molecular flexibility index (Phi) is 11.7. The van der Waals surface area contributed by atoms with E-state index in [4.69, 9.17) is 15.3 Å². The molecular weight excluding hydrogens is 409 g/mol. The topological polar surface area (TPSA) is 84.9 Å². The molecule has 0 fully saturated rings. The van der Waals surface area contributed by atoms with Crippen LogP contribution in [-0.4, -0.2) is 19.7 Å². The fourth-order valence-electron chi connectivity index (χ4n) is 2.03. The number of nitrogens with two attached hydrogens (primary N) is 1. The summed E-state index contributed by atoms with van der Waals surface area (Å²) in [6.45, 7) is -0.0303. The fourth-order valence-corrected chi connectivity index (χ4v) is 2.03. The Labute approximate surface area is 210 Å². The number of methoxy groups -OCH3 is 1. The minimum atomic E-state index is -0.715. The molecular formula is C20H19F2KN2O4. The molecule has 0 aliphatic carbocycles. The Morgan fingerprint density at radius 2 is 1.79 bits per heavy atom. The fraction of sp³-hybridized carbons (Fsp3) is 0.150. The second-order valence-electron chi connectivity index (χ2n) is 5.48. The number of carbonyl (C=O) groups is 1. The number of halogens is 2. The van der Waals surface area contributed by atoms with E-state index in [2.05, 4.69) is 10.2 Å². The normalized spacial score (nSPS) is 11.4. The molecule has 0 aliphatic rings. The zero-order chi connectivity index (χ0) is 20.4. The first-order chi connectivity index (χ1) is 13.5. The van der Waals surface area contributed by atoms with Crippen molar-refractivity contribution in [2.75, 3.05) is 13.7 Å². The number of hydroxylamine groups is 1. The standard InChI is InChI=1S/C20H19F2N2O4.K/c1-26-20(25)15-4-2-14(3-5-15)12-28-24-18(10-17(22)11-23)13-27-19-8-6-16(21)7-9-19;/h2-11H,12-13,23H2,1H3;/q-1;+1/b17-11+,18-10+;. The summed E-state index contributed by atoms with van der Waals surface area (Å²) in [6.07, 6.45) is 1.84. The summed E-state index contributed by atoms with van der Waals surface area (Å²) in [5, 5.41) is 0. The first-order valence-electron chi connectivity index (χ1n) is 8.18. The van der Waals surface area contributed by atoms with Crippen molar-refractivity contribution in [2.45, 2.75) is 6.61 Å². The van der Waals surface area contributed by atoms with Gasteiger partial charge in [0.25, 0.3) is 0 Å². The number of esters is 1. The molecule has 2 aromatic rings. The van der Waals surface area contributed by atoms with E-state index in [9.17, 15) is 13.6 Å². The molecule has 0 atom stereocenters. The molecule has 6 nitrogen and oxygen atoms in total. The van der Waals surface area contributed by atoms with E-state index in [1.54, 1.807) is 24.3 Å². The van der Waals surface area contributed by atoms with Gasteiger partial charge in [0.15, 0.2) is 0 Å². The van der Waals surface area contributed by atoms with Crippen molar-refractivity contribution >= 4 is 5.97 Å². The van der Waals surface area contributed by atoms with E-state index in [1.807, 2.05) is 0 Å². The van der Waals surface area contributed by atoms with E-state index in [0.29, 0.717) is 11.3 Å². The Morgan fingerprint density at radius 1 is 1.14 bits per heavy atom. The third-order valence-electron chi connectivity index (χ3n) is 3.45. The Balaban J connectivity index is 0.00000420. The van der Waals surface area contributed by atoms with Crippen molar-refractivity contribution in [3.8, 4) is 5.75 Å². The van der Waals surface area contributed by atoms with E-state index >= 15 is 0 Å². The van der Waals surface area contributed by atoms with Gasteiger partial charge in [0.05, 0.1) is 25.9 Å². The number of ether oxygens (including phenoxy) is 2. The molecule has 9 heteroatoms. The van der Waals surface area contributed by atoms with Crippen LogP contribution in [0.25, 0.3) is 5.48 Å². The van der Waals surface area contributed by atoms with Gasteiger partial charge in [-0.15, -0.1) is 5.70 Å². The van der Waals surface area contributed by atoms with Gasteiger partial charge in [0.2, 0.25) is 0 Å². The van der Waals surface area contributed by atoms with Crippen LogP contribution >= 0.6 is 0 Å². The maximum atomic E-state index is 13.5. The van der Waals surface area contributed by atoms with Crippen molar-refractivity contribution in [1.82, 2.24) is 0 Å².